The van der Waals surface area contributed by atoms with Crippen LogP contribution in [0.2, 0.25) is 0 Å². The van der Waals surface area contributed by atoms with E-state index in [4.69, 9.17) is 10.3 Å². The number of rotatable bonds is 6. The van der Waals surface area contributed by atoms with E-state index in [1.165, 1.54) is 0 Å². The van der Waals surface area contributed by atoms with Crippen molar-refractivity contribution in [1.82, 2.24) is 10.1 Å². The summed E-state index contributed by atoms with van der Waals surface area (Å²) in [5.41, 5.74) is 6.74. The summed E-state index contributed by atoms with van der Waals surface area (Å²) in [5, 5.41) is 13.7. The minimum absolute atomic E-state index is 0.280. The molecule has 1 aromatic carbocycles. The molecule has 2 rings (SSSR count). The molecule has 21 heavy (non-hydrogen) atoms. The largest absolute Gasteiger partial charge is 0.391 e. The van der Waals surface area contributed by atoms with Crippen molar-refractivity contribution in [3.8, 4) is 0 Å². The van der Waals surface area contributed by atoms with Crippen molar-refractivity contribution in [2.45, 2.75) is 51.2 Å². The fraction of sp³-hybridized carbons (Fsp3) is 0.500. The average Bonchev–Trinajstić information content (AvgIpc) is 2.99. The van der Waals surface area contributed by atoms with Gasteiger partial charge in [0, 0.05) is 0 Å². The maximum atomic E-state index is 9.57. The Balaban J connectivity index is 2.45. The van der Waals surface area contributed by atoms with Crippen molar-refractivity contribution >= 4 is 0 Å². The first-order chi connectivity index (χ1) is 10.0. The van der Waals surface area contributed by atoms with Crippen LogP contribution < -0.4 is 5.73 Å². The molecule has 1 aromatic heterocycles. The molecule has 2 atom stereocenters. The summed E-state index contributed by atoms with van der Waals surface area (Å²) in [7, 11) is 0. The van der Waals surface area contributed by atoms with Gasteiger partial charge < -0.3 is 15.4 Å². The molecule has 1 heterocycles. The van der Waals surface area contributed by atoms with Gasteiger partial charge in [-0.25, -0.2) is 0 Å². The van der Waals surface area contributed by atoms with Crippen molar-refractivity contribution in [2.75, 3.05) is 0 Å². The molecule has 0 unspecified atom stereocenters. The lowest BCUT2D eigenvalue weighted by Gasteiger charge is -2.28. The smallest absolute Gasteiger partial charge is 0.246 e. The second-order valence-electron chi connectivity index (χ2n) is 5.38. The summed E-state index contributed by atoms with van der Waals surface area (Å²) in [5.74, 6) is 0.909. The third-order valence-corrected chi connectivity index (χ3v) is 4.21. The van der Waals surface area contributed by atoms with Crippen molar-refractivity contribution in [1.29, 1.82) is 0 Å². The fourth-order valence-electron chi connectivity index (χ4n) is 2.63. The molecule has 0 aliphatic heterocycles. The van der Waals surface area contributed by atoms with Gasteiger partial charge in [0.1, 0.15) is 6.04 Å². The van der Waals surface area contributed by atoms with Gasteiger partial charge in [0.25, 0.3) is 0 Å². The quantitative estimate of drug-likeness (QED) is 0.853. The first-order valence-electron chi connectivity index (χ1n) is 7.38. The van der Waals surface area contributed by atoms with Crippen LogP contribution in [-0.4, -0.2) is 21.4 Å². The maximum absolute atomic E-state index is 9.57. The van der Waals surface area contributed by atoms with Crippen LogP contribution in [0.5, 0.6) is 0 Å². The lowest BCUT2D eigenvalue weighted by atomic mass is 9.75. The van der Waals surface area contributed by atoms with E-state index in [1.54, 1.807) is 6.92 Å². The molecule has 0 radical (unpaired) electrons. The van der Waals surface area contributed by atoms with E-state index < -0.39 is 12.1 Å². The van der Waals surface area contributed by atoms with E-state index in [0.29, 0.717) is 5.82 Å². The zero-order chi connectivity index (χ0) is 15.5. The normalized spacial score (nSPS) is 14.9. The second kappa shape index (κ2) is 6.37. The Labute approximate surface area is 125 Å². The summed E-state index contributed by atoms with van der Waals surface area (Å²) in [4.78, 5) is 4.46. The van der Waals surface area contributed by atoms with Gasteiger partial charge in [-0.1, -0.05) is 49.3 Å². The summed E-state index contributed by atoms with van der Waals surface area (Å²) in [6.45, 7) is 5.83. The molecule has 0 fully saturated rings. The Hall–Kier alpha value is -1.72. The van der Waals surface area contributed by atoms with Crippen LogP contribution in [0.15, 0.2) is 34.9 Å². The monoisotopic (exact) mass is 289 g/mol. The highest BCUT2D eigenvalue weighted by Gasteiger charge is 2.36. The van der Waals surface area contributed by atoms with Gasteiger partial charge in [-0.2, -0.15) is 4.98 Å². The van der Waals surface area contributed by atoms with Gasteiger partial charge in [0.15, 0.2) is 5.82 Å². The van der Waals surface area contributed by atoms with E-state index in [0.717, 1.165) is 18.4 Å². The molecule has 5 heteroatoms. The van der Waals surface area contributed by atoms with Gasteiger partial charge in [0.05, 0.1) is 11.5 Å². The van der Waals surface area contributed by atoms with E-state index in [9.17, 15) is 5.11 Å². The highest BCUT2D eigenvalue weighted by molar-refractivity contribution is 5.32. The van der Waals surface area contributed by atoms with E-state index in [1.807, 2.05) is 18.2 Å². The molecule has 0 amide bonds. The van der Waals surface area contributed by atoms with Crippen LogP contribution in [0.3, 0.4) is 0 Å². The zero-order valence-electron chi connectivity index (χ0n) is 12.8. The fourth-order valence-corrected chi connectivity index (χ4v) is 2.63. The van der Waals surface area contributed by atoms with Crippen LogP contribution in [0, 0.1) is 0 Å². The number of aliphatic hydroxyl groups excluding tert-OH is 1. The summed E-state index contributed by atoms with van der Waals surface area (Å²) in [6.07, 6.45) is 0.986. The number of aromatic nitrogens is 2. The molecule has 0 bridgehead atoms. The van der Waals surface area contributed by atoms with E-state index in [-0.39, 0.29) is 11.3 Å². The number of benzene rings is 1. The number of hydrogen-bond acceptors (Lipinski definition) is 5. The SMILES string of the molecule is CCC(CC)(c1ccccc1)c1noc([C@@H](N)[C@@H](C)O)n1. The molecule has 114 valence electrons. The topological polar surface area (TPSA) is 85.2 Å². The van der Waals surface area contributed by atoms with Crippen LogP contribution in [0.4, 0.5) is 0 Å². The highest BCUT2D eigenvalue weighted by Crippen LogP contribution is 2.37. The molecule has 0 aliphatic rings. The van der Waals surface area contributed by atoms with Crippen molar-refractivity contribution in [2.24, 2.45) is 5.73 Å². The first kappa shape index (κ1) is 15.7. The predicted molar refractivity (Wildman–Crippen MR) is 80.7 cm³/mol. The van der Waals surface area contributed by atoms with Crippen molar-refractivity contribution in [3.63, 3.8) is 0 Å². The molecule has 0 spiro atoms. The molecule has 3 N–H and O–H groups in total. The van der Waals surface area contributed by atoms with Gasteiger partial charge in [-0.05, 0) is 25.3 Å². The Morgan fingerprint density at radius 3 is 2.38 bits per heavy atom. The van der Waals surface area contributed by atoms with Gasteiger partial charge >= 0.3 is 0 Å². The van der Waals surface area contributed by atoms with Crippen LogP contribution >= 0.6 is 0 Å². The molecule has 2 aromatic rings. The summed E-state index contributed by atoms with van der Waals surface area (Å²) in [6, 6.07) is 9.52. The third-order valence-electron chi connectivity index (χ3n) is 4.21. The number of hydrogen-bond donors (Lipinski definition) is 2. The summed E-state index contributed by atoms with van der Waals surface area (Å²) < 4.78 is 5.27. The number of nitrogens with zero attached hydrogens (tertiary/aromatic N) is 2. The minimum Gasteiger partial charge on any atom is -0.391 e. The van der Waals surface area contributed by atoms with Crippen molar-refractivity contribution in [3.05, 3.63) is 47.6 Å². The Bertz CT molecular complexity index is 562. The van der Waals surface area contributed by atoms with Crippen LogP contribution in [-0.2, 0) is 5.41 Å². The Kier molecular flexibility index (Phi) is 4.75. The molecule has 5 nitrogen and oxygen atoms in total. The molecule has 0 saturated carbocycles. The molecular weight excluding hydrogens is 266 g/mol. The lowest BCUT2D eigenvalue weighted by molar-refractivity contribution is 0.146. The van der Waals surface area contributed by atoms with Crippen LogP contribution in [0.25, 0.3) is 0 Å². The van der Waals surface area contributed by atoms with Gasteiger partial charge in [-0.3, -0.25) is 0 Å². The lowest BCUT2D eigenvalue weighted by Crippen LogP contribution is -2.28. The standard InChI is InChI=1S/C16H23N3O2/c1-4-16(5-2,12-9-7-6-8-10-12)15-18-14(21-19-15)13(17)11(3)20/h6-11,13,20H,4-5,17H2,1-3H3/t11-,13+/m1/s1. The first-order valence-corrected chi connectivity index (χ1v) is 7.38. The molecule has 0 aliphatic carbocycles. The Morgan fingerprint density at radius 1 is 1.24 bits per heavy atom. The van der Waals surface area contributed by atoms with E-state index in [2.05, 4.69) is 36.1 Å². The molecule has 0 saturated heterocycles. The number of nitrogens with two attached hydrogens (primary N) is 1. The van der Waals surface area contributed by atoms with Crippen molar-refractivity contribution < 1.29 is 9.63 Å². The number of aliphatic hydroxyl groups is 1. The Morgan fingerprint density at radius 2 is 1.86 bits per heavy atom. The predicted octanol–water partition coefficient (Wildman–Crippen LogP) is 2.56. The second-order valence-corrected chi connectivity index (χ2v) is 5.38. The summed E-state index contributed by atoms with van der Waals surface area (Å²) >= 11 is 0. The maximum Gasteiger partial charge on any atom is 0.246 e. The molecular formula is C16H23N3O2. The highest BCUT2D eigenvalue weighted by atomic mass is 16.5. The van der Waals surface area contributed by atoms with Gasteiger partial charge in [0.2, 0.25) is 5.89 Å². The van der Waals surface area contributed by atoms with E-state index >= 15 is 0 Å². The zero-order valence-corrected chi connectivity index (χ0v) is 12.8. The van der Waals surface area contributed by atoms with Gasteiger partial charge in [-0.15, -0.1) is 0 Å². The average molecular weight is 289 g/mol. The van der Waals surface area contributed by atoms with Crippen LogP contribution in [0.1, 0.15) is 56.9 Å². The minimum atomic E-state index is -0.729. The third kappa shape index (κ3) is 2.84.